The lowest BCUT2D eigenvalue weighted by atomic mass is 10.1. The summed E-state index contributed by atoms with van der Waals surface area (Å²) >= 11 is 4.90. The molecule has 120 valence electrons. The van der Waals surface area contributed by atoms with Crippen LogP contribution in [0.15, 0.2) is 12.4 Å². The highest BCUT2D eigenvalue weighted by molar-refractivity contribution is 6.13. The molecule has 21 heavy (non-hydrogen) atoms. The summed E-state index contributed by atoms with van der Waals surface area (Å²) in [6, 6.07) is 0. The predicted molar refractivity (Wildman–Crippen MR) is 80.0 cm³/mol. The first kappa shape index (κ1) is 19.4. The first-order chi connectivity index (χ1) is 9.97. The van der Waals surface area contributed by atoms with Crippen LogP contribution in [0.1, 0.15) is 46.0 Å². The molecule has 1 aliphatic heterocycles. The zero-order chi connectivity index (χ0) is 16.4. The van der Waals surface area contributed by atoms with Crippen LogP contribution in [0, 0.1) is 0 Å². The maximum absolute atomic E-state index is 11.7. The Hall–Kier alpha value is -1.56. The van der Waals surface area contributed by atoms with Crippen molar-refractivity contribution >= 4 is 29.6 Å². The molecule has 0 unspecified atom stereocenters. The Balaban J connectivity index is 0.00000191. The van der Waals surface area contributed by atoms with Gasteiger partial charge in [0.05, 0.1) is 0 Å². The number of hydrogen-bond donors (Lipinski definition) is 0. The first-order valence-corrected chi connectivity index (χ1v) is 7.35. The van der Waals surface area contributed by atoms with Gasteiger partial charge in [0, 0.05) is 20.0 Å². The van der Waals surface area contributed by atoms with Crippen molar-refractivity contribution in [2.45, 2.75) is 46.0 Å². The van der Waals surface area contributed by atoms with E-state index in [-0.39, 0.29) is 24.7 Å². The summed E-state index contributed by atoms with van der Waals surface area (Å²) in [6.45, 7) is 8.23. The van der Waals surface area contributed by atoms with Gasteiger partial charge in [-0.2, -0.15) is 0 Å². The van der Waals surface area contributed by atoms with Crippen molar-refractivity contribution in [3.8, 4) is 0 Å². The summed E-state index contributed by atoms with van der Waals surface area (Å²) < 4.78 is 4.02. The third kappa shape index (κ3) is 6.16. The number of unbranched alkanes of at least 4 members (excludes halogenated alkanes) is 2. The monoisotopic (exact) mass is 318 g/mol. The number of hydrogen-bond acceptors (Lipinski definition) is 4. The van der Waals surface area contributed by atoms with E-state index in [9.17, 15) is 14.4 Å². The van der Waals surface area contributed by atoms with Crippen molar-refractivity contribution in [2.75, 3.05) is 13.6 Å². The Morgan fingerprint density at radius 1 is 1.24 bits per heavy atom. The number of carbonyl (C=O) groups excluding carboxylic acids is 3. The van der Waals surface area contributed by atoms with E-state index in [4.69, 9.17) is 11.9 Å². The molecule has 1 aliphatic rings. The molecule has 0 radical (unpaired) electrons. The molecular formula is C14H23ClN2O4. The highest BCUT2D eigenvalue weighted by Crippen LogP contribution is 2.18. The van der Waals surface area contributed by atoms with Gasteiger partial charge in [0.2, 0.25) is 11.8 Å². The molecule has 0 bridgehead atoms. The molecule has 7 heteroatoms. The fourth-order valence-electron chi connectivity index (χ4n) is 1.82. The topological polar surface area (TPSA) is 66.9 Å². The van der Waals surface area contributed by atoms with E-state index in [1.54, 1.807) is 7.05 Å². The molecule has 0 aromatic rings. The van der Waals surface area contributed by atoms with Gasteiger partial charge >= 0.3 is 5.97 Å². The molecule has 0 atom stereocenters. The van der Waals surface area contributed by atoms with Crippen molar-refractivity contribution in [2.24, 2.45) is 0 Å². The minimum Gasteiger partial charge on any atom is -0.348 e. The molecule has 1 rings (SSSR count). The number of nitrogens with zero attached hydrogens (tertiary/aromatic N) is 2. The Kier molecular flexibility index (Phi) is 9.45. The van der Waals surface area contributed by atoms with Crippen LogP contribution in [0.25, 0.3) is 0 Å². The second kappa shape index (κ2) is 10.2. The molecule has 1 heterocycles. The molecule has 0 aromatic heterocycles. The van der Waals surface area contributed by atoms with Crippen LogP contribution in [-0.4, -0.2) is 41.2 Å². The Bertz CT molecular complexity index is 398. The van der Waals surface area contributed by atoms with Crippen LogP contribution < -0.4 is 0 Å². The maximum atomic E-state index is 11.7. The van der Waals surface area contributed by atoms with Gasteiger partial charge in [0.25, 0.3) is 0 Å². The van der Waals surface area contributed by atoms with E-state index >= 15 is 0 Å². The van der Waals surface area contributed by atoms with Crippen LogP contribution in [0.2, 0.25) is 0 Å². The second-order valence-electron chi connectivity index (χ2n) is 4.35. The number of rotatable bonds is 6. The highest BCUT2D eigenvalue weighted by Gasteiger charge is 2.30. The lowest BCUT2D eigenvalue weighted by Crippen LogP contribution is -2.47. The van der Waals surface area contributed by atoms with Gasteiger partial charge in [-0.15, -0.1) is 0 Å². The summed E-state index contributed by atoms with van der Waals surface area (Å²) in [5, 5.41) is 0. The highest BCUT2D eigenvalue weighted by atomic mass is 35.5. The molecule has 0 spiro atoms. The second-order valence-corrected chi connectivity index (χ2v) is 4.51. The molecule has 0 N–H and O–H groups in total. The van der Waals surface area contributed by atoms with Gasteiger partial charge in [-0.1, -0.05) is 26.8 Å². The largest absolute Gasteiger partial charge is 0.348 e. The summed E-state index contributed by atoms with van der Waals surface area (Å²) in [6.07, 6.45) is 2.28. The maximum Gasteiger partial charge on any atom is 0.324 e. The third-order valence-electron chi connectivity index (χ3n) is 3.03. The number of halogens is 1. The molecule has 2 amide bonds. The fourth-order valence-corrected chi connectivity index (χ4v) is 1.90. The molecule has 0 aliphatic carbocycles. The van der Waals surface area contributed by atoms with Gasteiger partial charge in [0.1, 0.15) is 24.1 Å². The van der Waals surface area contributed by atoms with E-state index in [1.807, 2.05) is 13.8 Å². The third-order valence-corrected chi connectivity index (χ3v) is 3.20. The zero-order valence-corrected chi connectivity index (χ0v) is 13.6. The van der Waals surface area contributed by atoms with E-state index in [0.29, 0.717) is 18.8 Å². The average Bonchev–Trinajstić information content (AvgIpc) is 2.49. The molecule has 1 saturated heterocycles. The molecule has 6 nitrogen and oxygen atoms in total. The Morgan fingerprint density at radius 3 is 2.43 bits per heavy atom. The smallest absolute Gasteiger partial charge is 0.324 e. The number of carbonyl (C=O) groups is 3. The minimum absolute atomic E-state index is 0.117. The van der Waals surface area contributed by atoms with Crippen LogP contribution in [0.3, 0.4) is 0 Å². The standard InChI is InChI=1S/C12H17ClN2O4.C2H6/c1-9-14(2)10(16)8-11(17)15(9)7-5-3-4-6-12(18)19-13;1-2/h1,3-8H2,2H3;1-2H3. The van der Waals surface area contributed by atoms with Crippen molar-refractivity contribution in [1.29, 1.82) is 0 Å². The molecule has 0 saturated carbocycles. The normalized spacial score (nSPS) is 14.8. The van der Waals surface area contributed by atoms with E-state index in [2.05, 4.69) is 10.9 Å². The lowest BCUT2D eigenvalue weighted by molar-refractivity contribution is -0.145. The van der Waals surface area contributed by atoms with Crippen LogP contribution >= 0.6 is 11.9 Å². The summed E-state index contributed by atoms with van der Waals surface area (Å²) in [5.74, 6) is -0.517. The number of amides is 2. The van der Waals surface area contributed by atoms with Crippen molar-refractivity contribution in [1.82, 2.24) is 9.80 Å². The molecular weight excluding hydrogens is 296 g/mol. The minimum atomic E-state index is -0.453. The molecule has 1 fully saturated rings. The average molecular weight is 319 g/mol. The van der Waals surface area contributed by atoms with Crippen LogP contribution in [0.4, 0.5) is 0 Å². The van der Waals surface area contributed by atoms with Crippen molar-refractivity contribution in [3.05, 3.63) is 12.4 Å². The van der Waals surface area contributed by atoms with Gasteiger partial charge in [-0.05, 0) is 12.8 Å². The lowest BCUT2D eigenvalue weighted by Gasteiger charge is -2.34. The van der Waals surface area contributed by atoms with E-state index in [0.717, 1.165) is 12.8 Å². The van der Waals surface area contributed by atoms with Gasteiger partial charge in [0.15, 0.2) is 0 Å². The van der Waals surface area contributed by atoms with Gasteiger partial charge in [-0.3, -0.25) is 19.3 Å². The van der Waals surface area contributed by atoms with Gasteiger partial charge in [-0.25, -0.2) is 0 Å². The zero-order valence-electron chi connectivity index (χ0n) is 12.9. The van der Waals surface area contributed by atoms with Crippen LogP contribution in [-0.2, 0) is 18.7 Å². The Morgan fingerprint density at radius 2 is 1.86 bits per heavy atom. The fraction of sp³-hybridized carbons (Fsp3) is 0.643. The van der Waals surface area contributed by atoms with E-state index in [1.165, 1.54) is 9.80 Å². The Labute approximate surface area is 130 Å². The first-order valence-electron chi connectivity index (χ1n) is 7.04. The van der Waals surface area contributed by atoms with Crippen LogP contribution in [0.5, 0.6) is 0 Å². The SMILES string of the molecule is C=C1N(C)C(=O)CC(=O)N1CCCCCC(=O)OCl.CC. The molecule has 0 aromatic carbocycles. The van der Waals surface area contributed by atoms with E-state index < -0.39 is 5.97 Å². The predicted octanol–water partition coefficient (Wildman–Crippen LogP) is 2.43. The summed E-state index contributed by atoms with van der Waals surface area (Å²) in [7, 11) is 1.60. The van der Waals surface area contributed by atoms with Crippen molar-refractivity contribution in [3.63, 3.8) is 0 Å². The van der Waals surface area contributed by atoms with Crippen molar-refractivity contribution < 1.29 is 18.7 Å². The van der Waals surface area contributed by atoms with Gasteiger partial charge < -0.3 is 9.19 Å². The summed E-state index contributed by atoms with van der Waals surface area (Å²) in [4.78, 5) is 36.8. The quantitative estimate of drug-likeness (QED) is 0.557. The summed E-state index contributed by atoms with van der Waals surface area (Å²) in [5.41, 5.74) is 0.